The average molecular weight is 260 g/mol. The molecule has 0 aliphatic rings. The van der Waals surface area contributed by atoms with Gasteiger partial charge in [0, 0.05) is 6.61 Å². The molecule has 1 aromatic rings. The van der Waals surface area contributed by atoms with E-state index in [0.717, 1.165) is 25.1 Å². The number of hydrogen-bond acceptors (Lipinski definition) is 1. The van der Waals surface area contributed by atoms with Crippen molar-refractivity contribution in [2.75, 3.05) is 6.61 Å². The molecule has 0 N–H and O–H groups in total. The summed E-state index contributed by atoms with van der Waals surface area (Å²) in [5, 5.41) is 1.35. The molecular formula is C16H24OSi. The Morgan fingerprint density at radius 3 is 2.22 bits per heavy atom. The first-order valence-electron chi connectivity index (χ1n) is 6.70. The number of rotatable bonds is 9. The molecule has 0 amide bonds. The first kappa shape index (κ1) is 14.9. The molecule has 0 aromatic heterocycles. The van der Waals surface area contributed by atoms with E-state index >= 15 is 0 Å². The number of hydrogen-bond donors (Lipinski definition) is 0. The maximum atomic E-state index is 6.33. The van der Waals surface area contributed by atoms with Crippen LogP contribution in [0.4, 0.5) is 0 Å². The summed E-state index contributed by atoms with van der Waals surface area (Å²) in [6.45, 7) is 10.8. The molecule has 0 saturated heterocycles. The minimum atomic E-state index is -1.94. The van der Waals surface area contributed by atoms with Gasteiger partial charge in [-0.25, -0.2) is 0 Å². The summed E-state index contributed by atoms with van der Waals surface area (Å²) in [6, 6.07) is 12.5. The summed E-state index contributed by atoms with van der Waals surface area (Å²) < 4.78 is 6.33. The highest BCUT2D eigenvalue weighted by Gasteiger charge is 2.34. The number of allylic oxidation sites excluding steroid dienone is 2. The molecule has 0 saturated carbocycles. The molecule has 0 atom stereocenters. The predicted octanol–water partition coefficient (Wildman–Crippen LogP) is 4.03. The van der Waals surface area contributed by atoms with Gasteiger partial charge in [-0.05, 0) is 23.7 Å². The molecule has 0 heterocycles. The topological polar surface area (TPSA) is 9.23 Å². The summed E-state index contributed by atoms with van der Waals surface area (Å²) in [5.41, 5.74) is 0. The predicted molar refractivity (Wildman–Crippen MR) is 82.7 cm³/mol. The Kier molecular flexibility index (Phi) is 6.69. The van der Waals surface area contributed by atoms with Gasteiger partial charge in [0.15, 0.2) is 0 Å². The second kappa shape index (κ2) is 8.06. The summed E-state index contributed by atoms with van der Waals surface area (Å²) in [5.74, 6) is 0. The van der Waals surface area contributed by atoms with Gasteiger partial charge < -0.3 is 4.43 Å². The van der Waals surface area contributed by atoms with Crippen LogP contribution in [0.2, 0.25) is 12.1 Å². The molecular weight excluding hydrogens is 236 g/mol. The Bertz CT molecular complexity index is 349. The van der Waals surface area contributed by atoms with E-state index in [1.165, 1.54) is 11.6 Å². The highest BCUT2D eigenvalue weighted by Crippen LogP contribution is 2.19. The van der Waals surface area contributed by atoms with Gasteiger partial charge in [0.2, 0.25) is 8.32 Å². The van der Waals surface area contributed by atoms with Crippen molar-refractivity contribution in [3.63, 3.8) is 0 Å². The lowest BCUT2D eigenvalue weighted by atomic mass is 10.4. The van der Waals surface area contributed by atoms with Crippen LogP contribution in [0.5, 0.6) is 0 Å². The van der Waals surface area contributed by atoms with E-state index in [9.17, 15) is 0 Å². The van der Waals surface area contributed by atoms with E-state index in [1.807, 2.05) is 12.2 Å². The minimum absolute atomic E-state index is 0.847. The van der Waals surface area contributed by atoms with Gasteiger partial charge >= 0.3 is 0 Å². The van der Waals surface area contributed by atoms with Crippen molar-refractivity contribution in [3.05, 3.63) is 55.6 Å². The highest BCUT2D eigenvalue weighted by molar-refractivity contribution is 6.87. The summed E-state index contributed by atoms with van der Waals surface area (Å²) >= 11 is 0. The third-order valence-electron chi connectivity index (χ3n) is 3.12. The molecule has 0 radical (unpaired) electrons. The number of unbranched alkanes of at least 4 members (excludes halogenated alkanes) is 1. The molecule has 1 rings (SSSR count). The van der Waals surface area contributed by atoms with Gasteiger partial charge in [-0.1, -0.05) is 55.8 Å². The summed E-state index contributed by atoms with van der Waals surface area (Å²) in [6.07, 6.45) is 6.28. The molecule has 0 spiro atoms. The SMILES string of the molecule is C=CC[Si](CC=C)(OCCCC)c1ccccc1. The van der Waals surface area contributed by atoms with E-state index in [2.05, 4.69) is 50.4 Å². The first-order chi connectivity index (χ1) is 8.79. The fourth-order valence-electron chi connectivity index (χ4n) is 2.14. The van der Waals surface area contributed by atoms with Crippen LogP contribution in [0, 0.1) is 0 Å². The van der Waals surface area contributed by atoms with Crippen LogP contribution in [0.25, 0.3) is 0 Å². The minimum Gasteiger partial charge on any atom is -0.412 e. The van der Waals surface area contributed by atoms with Gasteiger partial charge in [-0.2, -0.15) is 0 Å². The van der Waals surface area contributed by atoms with Crippen molar-refractivity contribution in [3.8, 4) is 0 Å². The van der Waals surface area contributed by atoms with Gasteiger partial charge in [-0.3, -0.25) is 0 Å². The van der Waals surface area contributed by atoms with Crippen molar-refractivity contribution in [1.29, 1.82) is 0 Å². The molecule has 0 fully saturated rings. The zero-order valence-corrected chi connectivity index (χ0v) is 12.4. The largest absolute Gasteiger partial charge is 0.412 e. The van der Waals surface area contributed by atoms with Crippen molar-refractivity contribution in [1.82, 2.24) is 0 Å². The third-order valence-corrected chi connectivity index (χ3v) is 7.16. The van der Waals surface area contributed by atoms with Crippen LogP contribution in [0.1, 0.15) is 19.8 Å². The van der Waals surface area contributed by atoms with Crippen molar-refractivity contribution in [2.24, 2.45) is 0 Å². The van der Waals surface area contributed by atoms with Crippen LogP contribution in [0.15, 0.2) is 55.6 Å². The highest BCUT2D eigenvalue weighted by atomic mass is 28.4. The Labute approximate surface area is 112 Å². The van der Waals surface area contributed by atoms with Crippen molar-refractivity contribution in [2.45, 2.75) is 31.9 Å². The summed E-state index contributed by atoms with van der Waals surface area (Å²) in [7, 11) is -1.94. The van der Waals surface area contributed by atoms with Crippen LogP contribution in [-0.4, -0.2) is 14.9 Å². The Morgan fingerprint density at radius 2 is 1.72 bits per heavy atom. The van der Waals surface area contributed by atoms with Gasteiger partial charge in [0.05, 0.1) is 0 Å². The normalized spacial score (nSPS) is 11.2. The monoisotopic (exact) mass is 260 g/mol. The van der Waals surface area contributed by atoms with Crippen LogP contribution in [-0.2, 0) is 4.43 Å². The second-order valence-electron chi connectivity index (χ2n) is 4.55. The average Bonchev–Trinajstić information content (AvgIpc) is 2.40. The smallest absolute Gasteiger partial charge is 0.231 e. The Hall–Kier alpha value is -1.12. The third kappa shape index (κ3) is 3.97. The fraction of sp³-hybridized carbons (Fsp3) is 0.375. The Balaban J connectivity index is 2.96. The molecule has 1 nitrogen and oxygen atoms in total. The molecule has 18 heavy (non-hydrogen) atoms. The second-order valence-corrected chi connectivity index (χ2v) is 8.22. The van der Waals surface area contributed by atoms with E-state index in [0.29, 0.717) is 0 Å². The number of benzene rings is 1. The van der Waals surface area contributed by atoms with E-state index < -0.39 is 8.32 Å². The standard InChI is InChI=1S/C16H24OSi/c1-4-7-13-17-18(14-5-2,15-6-3)16-11-9-8-10-12-16/h5-6,8-12H,2-4,7,13-15H2,1H3. The Morgan fingerprint density at radius 1 is 1.11 bits per heavy atom. The van der Waals surface area contributed by atoms with Gasteiger partial charge in [0.25, 0.3) is 0 Å². The lowest BCUT2D eigenvalue weighted by Crippen LogP contribution is -2.50. The van der Waals surface area contributed by atoms with E-state index in [1.54, 1.807) is 0 Å². The lowest BCUT2D eigenvalue weighted by molar-refractivity contribution is 0.302. The lowest BCUT2D eigenvalue weighted by Gasteiger charge is -2.30. The molecule has 0 bridgehead atoms. The molecule has 0 unspecified atom stereocenters. The van der Waals surface area contributed by atoms with Crippen LogP contribution in [0.3, 0.4) is 0 Å². The van der Waals surface area contributed by atoms with Crippen LogP contribution < -0.4 is 5.19 Å². The van der Waals surface area contributed by atoms with Gasteiger partial charge in [0.1, 0.15) is 0 Å². The maximum absolute atomic E-state index is 6.33. The molecule has 0 aliphatic carbocycles. The first-order valence-corrected chi connectivity index (χ1v) is 9.02. The van der Waals surface area contributed by atoms with Crippen LogP contribution >= 0.6 is 0 Å². The summed E-state index contributed by atoms with van der Waals surface area (Å²) in [4.78, 5) is 0. The van der Waals surface area contributed by atoms with Crippen molar-refractivity contribution >= 4 is 13.5 Å². The van der Waals surface area contributed by atoms with E-state index in [4.69, 9.17) is 4.43 Å². The molecule has 0 aliphatic heterocycles. The molecule has 2 heteroatoms. The fourth-order valence-corrected chi connectivity index (χ4v) is 5.45. The van der Waals surface area contributed by atoms with Crippen molar-refractivity contribution < 1.29 is 4.43 Å². The molecule has 1 aromatic carbocycles. The van der Waals surface area contributed by atoms with E-state index in [-0.39, 0.29) is 0 Å². The molecule has 98 valence electrons. The van der Waals surface area contributed by atoms with Gasteiger partial charge in [-0.15, -0.1) is 13.2 Å². The quantitative estimate of drug-likeness (QED) is 0.370. The zero-order valence-electron chi connectivity index (χ0n) is 11.4. The zero-order chi connectivity index (χ0) is 13.3. The maximum Gasteiger partial charge on any atom is 0.231 e.